The van der Waals surface area contributed by atoms with Gasteiger partial charge in [-0.2, -0.15) is 0 Å². The molecule has 0 spiro atoms. The summed E-state index contributed by atoms with van der Waals surface area (Å²) in [4.78, 5) is 53.1. The highest BCUT2D eigenvalue weighted by molar-refractivity contribution is 6.06. The van der Waals surface area contributed by atoms with Crippen LogP contribution < -0.4 is 10.2 Å². The molecule has 3 aliphatic rings. The Bertz CT molecular complexity index is 1010. The molecule has 2 saturated heterocycles. The number of carbonyl (C=O) groups is 4. The molecule has 2 N–H and O–H groups in total. The minimum Gasteiger partial charge on any atom is -0.444 e. The monoisotopic (exact) mass is 462 g/mol. The molecule has 33 heavy (non-hydrogen) atoms. The third-order valence-corrected chi connectivity index (χ3v) is 5.94. The van der Waals surface area contributed by atoms with Gasteiger partial charge in [0.2, 0.25) is 11.8 Å². The summed E-state index contributed by atoms with van der Waals surface area (Å²) in [7, 11) is 0. The molecule has 4 amide bonds. The minimum atomic E-state index is -1.43. The van der Waals surface area contributed by atoms with E-state index in [-0.39, 0.29) is 29.7 Å². The number of anilines is 1. The first kappa shape index (κ1) is 23.0. The van der Waals surface area contributed by atoms with Crippen molar-refractivity contribution in [3.63, 3.8) is 0 Å². The first-order chi connectivity index (χ1) is 15.5. The van der Waals surface area contributed by atoms with Gasteiger partial charge < -0.3 is 19.6 Å². The summed E-state index contributed by atoms with van der Waals surface area (Å²) < 4.78 is 20.4. The van der Waals surface area contributed by atoms with Crippen LogP contribution in [0, 0.1) is 5.82 Å². The molecule has 3 aliphatic heterocycles. The average Bonchev–Trinajstić information content (AvgIpc) is 2.96. The van der Waals surface area contributed by atoms with Crippen molar-refractivity contribution in [2.24, 2.45) is 0 Å². The van der Waals surface area contributed by atoms with E-state index in [4.69, 9.17) is 4.74 Å². The highest BCUT2D eigenvalue weighted by Crippen LogP contribution is 2.38. The molecule has 0 bridgehead atoms. The maximum absolute atomic E-state index is 15.0. The van der Waals surface area contributed by atoms with Crippen LogP contribution in [0.25, 0.3) is 0 Å². The van der Waals surface area contributed by atoms with Gasteiger partial charge in [-0.25, -0.2) is 9.18 Å². The van der Waals surface area contributed by atoms with Gasteiger partial charge in [0.05, 0.1) is 11.3 Å². The van der Waals surface area contributed by atoms with Crippen LogP contribution in [0.15, 0.2) is 12.1 Å². The number of imide groups is 1. The van der Waals surface area contributed by atoms with Gasteiger partial charge in [-0.15, -0.1) is 0 Å². The number of hydrogen-bond acceptors (Lipinski definition) is 7. The second kappa shape index (κ2) is 8.29. The number of hydrogen-bond donors (Lipinski definition) is 2. The fraction of sp³-hybridized carbons (Fsp3) is 0.545. The standard InChI is InChI=1S/C22H27FN4O6/c1-22(2,3)33-21(32)26-8-6-25(7-9-26)16-11-13-12(10-14(16)23)19(30)27(20(13)31)15-4-5-17(28)24-18(15)29/h10-11,15,20,31H,4-9H2,1-3H3,(H,24,28,29). The number of rotatable bonds is 2. The Labute approximate surface area is 190 Å². The number of piperidine rings is 1. The van der Waals surface area contributed by atoms with Crippen LogP contribution in [-0.4, -0.2) is 76.5 Å². The minimum absolute atomic E-state index is 0.0131. The highest BCUT2D eigenvalue weighted by Gasteiger charge is 2.45. The van der Waals surface area contributed by atoms with Gasteiger partial charge in [0.25, 0.3) is 5.91 Å². The normalized spacial score (nSPS) is 23.5. The van der Waals surface area contributed by atoms with Gasteiger partial charge in [0.1, 0.15) is 17.5 Å². The molecule has 4 rings (SSSR count). The first-order valence-electron chi connectivity index (χ1n) is 10.9. The molecule has 2 atom stereocenters. The van der Waals surface area contributed by atoms with Crippen molar-refractivity contribution in [1.29, 1.82) is 0 Å². The molecular weight excluding hydrogens is 435 g/mol. The molecule has 3 heterocycles. The lowest BCUT2D eigenvalue weighted by molar-refractivity contribution is -0.139. The molecule has 1 aromatic rings. The molecule has 1 aromatic carbocycles. The fourth-order valence-electron chi connectivity index (χ4n) is 4.34. The van der Waals surface area contributed by atoms with E-state index in [1.165, 1.54) is 6.07 Å². The predicted octanol–water partition coefficient (Wildman–Crippen LogP) is 1.13. The number of amides is 4. The number of aliphatic hydroxyl groups is 1. The zero-order valence-corrected chi connectivity index (χ0v) is 18.8. The van der Waals surface area contributed by atoms with E-state index in [1.807, 2.05) is 0 Å². The smallest absolute Gasteiger partial charge is 0.410 e. The Morgan fingerprint density at radius 3 is 2.42 bits per heavy atom. The third kappa shape index (κ3) is 4.37. The van der Waals surface area contributed by atoms with Crippen LogP contribution in [0.2, 0.25) is 0 Å². The molecule has 178 valence electrons. The van der Waals surface area contributed by atoms with Crippen molar-refractivity contribution in [3.8, 4) is 0 Å². The zero-order valence-electron chi connectivity index (χ0n) is 18.8. The topological polar surface area (TPSA) is 119 Å². The van der Waals surface area contributed by atoms with Crippen LogP contribution in [0.4, 0.5) is 14.9 Å². The van der Waals surface area contributed by atoms with Crippen LogP contribution in [0.5, 0.6) is 0 Å². The molecule has 0 radical (unpaired) electrons. The summed E-state index contributed by atoms with van der Waals surface area (Å²) in [6.07, 6.45) is -1.73. The Balaban J connectivity index is 1.50. The first-order valence-corrected chi connectivity index (χ1v) is 10.9. The van der Waals surface area contributed by atoms with Crippen LogP contribution in [0.1, 0.15) is 55.8 Å². The van der Waals surface area contributed by atoms with Crippen molar-refractivity contribution in [1.82, 2.24) is 15.1 Å². The van der Waals surface area contributed by atoms with Crippen molar-refractivity contribution < 1.29 is 33.4 Å². The summed E-state index contributed by atoms with van der Waals surface area (Å²) in [5.41, 5.74) is -0.219. The fourth-order valence-corrected chi connectivity index (χ4v) is 4.34. The van der Waals surface area contributed by atoms with Gasteiger partial charge in [0, 0.05) is 38.2 Å². The summed E-state index contributed by atoms with van der Waals surface area (Å²) in [5.74, 6) is -2.39. The maximum Gasteiger partial charge on any atom is 0.410 e. The molecule has 11 heteroatoms. The molecule has 0 aliphatic carbocycles. The second-order valence-corrected chi connectivity index (χ2v) is 9.40. The number of halogens is 1. The quantitative estimate of drug-likeness (QED) is 0.633. The van der Waals surface area contributed by atoms with Gasteiger partial charge in [-0.1, -0.05) is 0 Å². The van der Waals surface area contributed by atoms with Crippen molar-refractivity contribution in [2.75, 3.05) is 31.1 Å². The molecule has 0 aromatic heterocycles. The third-order valence-electron chi connectivity index (χ3n) is 5.94. The number of fused-ring (bicyclic) bond motifs is 1. The van der Waals surface area contributed by atoms with Crippen molar-refractivity contribution in [3.05, 3.63) is 29.1 Å². The number of benzene rings is 1. The number of nitrogens with zero attached hydrogens (tertiary/aromatic N) is 3. The number of aliphatic hydroxyl groups excluding tert-OH is 1. The van der Waals surface area contributed by atoms with E-state index < -0.39 is 47.5 Å². The van der Waals surface area contributed by atoms with Crippen LogP contribution in [0.3, 0.4) is 0 Å². The number of ether oxygens (including phenoxy) is 1. The van der Waals surface area contributed by atoms with Crippen molar-refractivity contribution >= 4 is 29.5 Å². The zero-order chi connectivity index (χ0) is 24.1. The Morgan fingerprint density at radius 1 is 1.15 bits per heavy atom. The highest BCUT2D eigenvalue weighted by atomic mass is 19.1. The molecule has 2 fully saturated rings. The largest absolute Gasteiger partial charge is 0.444 e. The lowest BCUT2D eigenvalue weighted by Gasteiger charge is -2.37. The Morgan fingerprint density at radius 2 is 1.82 bits per heavy atom. The van der Waals surface area contributed by atoms with Gasteiger partial charge in [0.15, 0.2) is 6.23 Å². The van der Waals surface area contributed by atoms with E-state index in [9.17, 15) is 28.7 Å². The summed E-state index contributed by atoms with van der Waals surface area (Å²) >= 11 is 0. The lowest BCUT2D eigenvalue weighted by Crippen LogP contribution is -2.53. The molecule has 10 nitrogen and oxygen atoms in total. The van der Waals surface area contributed by atoms with E-state index in [0.717, 1.165) is 11.0 Å². The van der Waals surface area contributed by atoms with Gasteiger partial charge >= 0.3 is 6.09 Å². The SMILES string of the molecule is CC(C)(C)OC(=O)N1CCN(c2cc3c(cc2F)C(=O)N(C2CCC(=O)NC2=O)C3O)CC1. The summed E-state index contributed by atoms with van der Waals surface area (Å²) in [6.45, 7) is 6.69. The number of piperazine rings is 1. The van der Waals surface area contributed by atoms with Crippen LogP contribution >= 0.6 is 0 Å². The lowest BCUT2D eigenvalue weighted by atomic mass is 10.0. The van der Waals surface area contributed by atoms with Crippen LogP contribution in [-0.2, 0) is 14.3 Å². The Hall–Kier alpha value is -3.21. The van der Waals surface area contributed by atoms with E-state index in [0.29, 0.717) is 26.2 Å². The second-order valence-electron chi connectivity index (χ2n) is 9.40. The van der Waals surface area contributed by atoms with E-state index >= 15 is 0 Å². The van der Waals surface area contributed by atoms with E-state index in [2.05, 4.69) is 5.32 Å². The van der Waals surface area contributed by atoms with Crippen molar-refractivity contribution in [2.45, 2.75) is 51.5 Å². The molecular formula is C22H27FN4O6. The molecule has 0 saturated carbocycles. The van der Waals surface area contributed by atoms with Gasteiger partial charge in [-0.3, -0.25) is 24.6 Å². The maximum atomic E-state index is 15.0. The Kier molecular flexibility index (Phi) is 5.77. The average molecular weight is 462 g/mol. The predicted molar refractivity (Wildman–Crippen MR) is 114 cm³/mol. The van der Waals surface area contributed by atoms with Gasteiger partial charge in [-0.05, 0) is 39.3 Å². The number of carbonyl (C=O) groups excluding carboxylic acids is 4. The number of nitrogens with one attached hydrogen (secondary N) is 1. The summed E-state index contributed by atoms with van der Waals surface area (Å²) in [5, 5.41) is 13.0. The molecule has 2 unspecified atom stereocenters. The van der Waals surface area contributed by atoms with E-state index in [1.54, 1.807) is 30.6 Å². The summed E-state index contributed by atoms with van der Waals surface area (Å²) in [6, 6.07) is 1.48.